The van der Waals surface area contributed by atoms with E-state index in [1.165, 1.54) is 0 Å². The summed E-state index contributed by atoms with van der Waals surface area (Å²) < 4.78 is 52.3. The van der Waals surface area contributed by atoms with Crippen molar-refractivity contribution < 1.29 is 32.2 Å². The summed E-state index contributed by atoms with van der Waals surface area (Å²) in [5, 5.41) is 8.42. The van der Waals surface area contributed by atoms with Gasteiger partial charge in [0.1, 0.15) is 11.6 Å². The lowest BCUT2D eigenvalue weighted by atomic mass is 10.1. The Morgan fingerprint density at radius 2 is 2.00 bits per heavy atom. The smallest absolute Gasteiger partial charge is 0.481 e. The third-order valence-electron chi connectivity index (χ3n) is 1.86. The molecule has 0 fully saturated rings. The van der Waals surface area contributed by atoms with E-state index in [0.717, 1.165) is 12.1 Å². The summed E-state index contributed by atoms with van der Waals surface area (Å²) in [6.07, 6.45) is -5.47. The van der Waals surface area contributed by atoms with E-state index in [2.05, 4.69) is 4.74 Å². The Bertz CT molecular complexity index is 415. The standard InChI is InChI=1S/C10H8F4O3/c11-7-3-1-6(2-4-9(15)16)8(5-7)17-10(12,13)14/h1,3,5H,2,4H2,(H,15,16). The first-order chi connectivity index (χ1) is 7.78. The molecule has 0 aliphatic rings. The van der Waals surface area contributed by atoms with Gasteiger partial charge >= 0.3 is 12.3 Å². The number of alkyl halides is 3. The van der Waals surface area contributed by atoms with E-state index in [-0.39, 0.29) is 18.4 Å². The van der Waals surface area contributed by atoms with Crippen molar-refractivity contribution in [2.24, 2.45) is 0 Å². The second-order valence-electron chi connectivity index (χ2n) is 3.19. The number of aryl methyl sites for hydroxylation is 1. The van der Waals surface area contributed by atoms with Crippen LogP contribution in [0, 0.1) is 5.82 Å². The van der Waals surface area contributed by atoms with Gasteiger partial charge in [0.25, 0.3) is 0 Å². The zero-order chi connectivity index (χ0) is 13.1. The molecule has 0 unspecified atom stereocenters. The average molecular weight is 252 g/mol. The number of aliphatic carboxylic acids is 1. The van der Waals surface area contributed by atoms with Gasteiger partial charge in [-0.1, -0.05) is 6.07 Å². The SMILES string of the molecule is O=C(O)CCc1ccc(F)cc1OC(F)(F)F. The topological polar surface area (TPSA) is 46.5 Å². The van der Waals surface area contributed by atoms with Crippen LogP contribution in [-0.2, 0) is 11.2 Å². The highest BCUT2D eigenvalue weighted by atomic mass is 19.4. The van der Waals surface area contributed by atoms with Gasteiger partial charge in [0.15, 0.2) is 0 Å². The highest BCUT2D eigenvalue weighted by Gasteiger charge is 2.32. The maximum atomic E-state index is 12.8. The van der Waals surface area contributed by atoms with E-state index >= 15 is 0 Å². The molecule has 0 saturated heterocycles. The molecule has 3 nitrogen and oxygen atoms in total. The molecule has 1 aromatic rings. The molecule has 0 radical (unpaired) electrons. The first-order valence-electron chi connectivity index (χ1n) is 4.54. The van der Waals surface area contributed by atoms with Crippen molar-refractivity contribution in [3.8, 4) is 5.75 Å². The average Bonchev–Trinajstić information content (AvgIpc) is 2.13. The highest BCUT2D eigenvalue weighted by Crippen LogP contribution is 2.28. The van der Waals surface area contributed by atoms with Gasteiger partial charge < -0.3 is 9.84 Å². The summed E-state index contributed by atoms with van der Waals surface area (Å²) >= 11 is 0. The van der Waals surface area contributed by atoms with Crippen LogP contribution >= 0.6 is 0 Å². The minimum atomic E-state index is -4.94. The summed E-state index contributed by atoms with van der Waals surface area (Å²) in [5.74, 6) is -2.76. The van der Waals surface area contributed by atoms with Crippen LogP contribution in [0.5, 0.6) is 5.75 Å². The summed E-state index contributed by atoms with van der Waals surface area (Å²) in [5.41, 5.74) is -0.00822. The zero-order valence-electron chi connectivity index (χ0n) is 8.42. The number of benzene rings is 1. The molecule has 1 rings (SSSR count). The second kappa shape index (κ2) is 5.03. The number of ether oxygens (including phenoxy) is 1. The van der Waals surface area contributed by atoms with Crippen molar-refractivity contribution in [3.05, 3.63) is 29.6 Å². The molecular formula is C10H8F4O3. The molecule has 0 heterocycles. The third-order valence-corrected chi connectivity index (χ3v) is 1.86. The van der Waals surface area contributed by atoms with Gasteiger partial charge in [0, 0.05) is 12.5 Å². The molecule has 1 aromatic carbocycles. The number of rotatable bonds is 4. The van der Waals surface area contributed by atoms with Crippen LogP contribution in [0.15, 0.2) is 18.2 Å². The van der Waals surface area contributed by atoms with E-state index in [9.17, 15) is 22.4 Å². The van der Waals surface area contributed by atoms with Crippen molar-refractivity contribution >= 4 is 5.97 Å². The fourth-order valence-electron chi connectivity index (χ4n) is 1.20. The van der Waals surface area contributed by atoms with Crippen LogP contribution in [0.1, 0.15) is 12.0 Å². The maximum absolute atomic E-state index is 12.8. The Hall–Kier alpha value is -1.79. The van der Waals surface area contributed by atoms with Gasteiger partial charge in [-0.3, -0.25) is 4.79 Å². The molecule has 0 spiro atoms. The lowest BCUT2D eigenvalue weighted by Gasteiger charge is -2.12. The molecule has 17 heavy (non-hydrogen) atoms. The fraction of sp³-hybridized carbons (Fsp3) is 0.300. The molecule has 0 atom stereocenters. The second-order valence-corrected chi connectivity index (χ2v) is 3.19. The van der Waals surface area contributed by atoms with Crippen LogP contribution in [0.3, 0.4) is 0 Å². The van der Waals surface area contributed by atoms with Crippen LogP contribution in [0.2, 0.25) is 0 Å². The monoisotopic (exact) mass is 252 g/mol. The van der Waals surface area contributed by atoms with Crippen molar-refractivity contribution in [2.75, 3.05) is 0 Å². The van der Waals surface area contributed by atoms with Gasteiger partial charge in [-0.2, -0.15) is 0 Å². The van der Waals surface area contributed by atoms with E-state index in [1.54, 1.807) is 0 Å². The van der Waals surface area contributed by atoms with Gasteiger partial charge in [0.2, 0.25) is 0 Å². The minimum absolute atomic E-state index is 0.00822. The number of halogens is 4. The molecule has 7 heteroatoms. The Morgan fingerprint density at radius 1 is 1.35 bits per heavy atom. The number of carboxylic acid groups (broad SMARTS) is 1. The normalized spacial score (nSPS) is 11.3. The molecule has 0 saturated carbocycles. The first-order valence-corrected chi connectivity index (χ1v) is 4.54. The molecule has 0 aliphatic heterocycles. The third kappa shape index (κ3) is 4.71. The van der Waals surface area contributed by atoms with Gasteiger partial charge in [-0.05, 0) is 18.1 Å². The maximum Gasteiger partial charge on any atom is 0.573 e. The van der Waals surface area contributed by atoms with E-state index in [1.807, 2.05) is 0 Å². The van der Waals surface area contributed by atoms with Crippen LogP contribution < -0.4 is 4.74 Å². The largest absolute Gasteiger partial charge is 0.573 e. The summed E-state index contributed by atoms with van der Waals surface area (Å²) in [6, 6.07) is 2.59. The lowest BCUT2D eigenvalue weighted by molar-refractivity contribution is -0.274. The molecular weight excluding hydrogens is 244 g/mol. The van der Waals surface area contributed by atoms with E-state index in [4.69, 9.17) is 5.11 Å². The molecule has 0 bridgehead atoms. The number of carboxylic acids is 1. The van der Waals surface area contributed by atoms with E-state index in [0.29, 0.717) is 6.07 Å². The van der Waals surface area contributed by atoms with Gasteiger partial charge in [-0.25, -0.2) is 4.39 Å². The Kier molecular flexibility index (Phi) is 3.93. The van der Waals surface area contributed by atoms with Crippen molar-refractivity contribution in [2.45, 2.75) is 19.2 Å². The Balaban J connectivity index is 2.91. The number of hydrogen-bond acceptors (Lipinski definition) is 2. The lowest BCUT2D eigenvalue weighted by Crippen LogP contribution is -2.18. The minimum Gasteiger partial charge on any atom is -0.481 e. The molecule has 1 N–H and O–H groups in total. The molecule has 0 aromatic heterocycles. The fourth-order valence-corrected chi connectivity index (χ4v) is 1.20. The van der Waals surface area contributed by atoms with Crippen molar-refractivity contribution in [3.63, 3.8) is 0 Å². The predicted octanol–water partition coefficient (Wildman–Crippen LogP) is 2.74. The first kappa shape index (κ1) is 13.3. The van der Waals surface area contributed by atoms with Gasteiger partial charge in [0.05, 0.1) is 0 Å². The van der Waals surface area contributed by atoms with Crippen LogP contribution in [0.25, 0.3) is 0 Å². The molecule has 0 amide bonds. The highest BCUT2D eigenvalue weighted by molar-refractivity contribution is 5.67. The van der Waals surface area contributed by atoms with Crippen molar-refractivity contribution in [1.82, 2.24) is 0 Å². The summed E-state index contributed by atoms with van der Waals surface area (Å²) in [7, 11) is 0. The van der Waals surface area contributed by atoms with Crippen LogP contribution in [-0.4, -0.2) is 17.4 Å². The Morgan fingerprint density at radius 3 is 2.53 bits per heavy atom. The molecule has 0 aliphatic carbocycles. The predicted molar refractivity (Wildman–Crippen MR) is 49.0 cm³/mol. The van der Waals surface area contributed by atoms with E-state index < -0.39 is 23.9 Å². The summed E-state index contributed by atoms with van der Waals surface area (Å²) in [4.78, 5) is 10.3. The van der Waals surface area contributed by atoms with Gasteiger partial charge in [-0.15, -0.1) is 13.2 Å². The summed E-state index contributed by atoms with van der Waals surface area (Å²) in [6.45, 7) is 0. The molecule has 94 valence electrons. The zero-order valence-corrected chi connectivity index (χ0v) is 8.42. The van der Waals surface area contributed by atoms with Crippen LogP contribution in [0.4, 0.5) is 17.6 Å². The Labute approximate surface area is 93.6 Å². The van der Waals surface area contributed by atoms with Crippen molar-refractivity contribution in [1.29, 1.82) is 0 Å². The number of carbonyl (C=O) groups is 1. The quantitative estimate of drug-likeness (QED) is 0.838. The number of hydrogen-bond donors (Lipinski definition) is 1.